The average molecular weight is 266 g/mol. The molecule has 3 nitrogen and oxygen atoms in total. The Morgan fingerprint density at radius 2 is 2.39 bits per heavy atom. The van der Waals surface area contributed by atoms with E-state index in [1.807, 2.05) is 5.51 Å². The largest absolute Gasteiger partial charge is 0.375 e. The fourth-order valence-corrected chi connectivity index (χ4v) is 4.46. The van der Waals surface area contributed by atoms with Crippen LogP contribution in [0, 0.1) is 12.8 Å². The number of nitrogens with one attached hydrogen (secondary N) is 1. The van der Waals surface area contributed by atoms with Crippen LogP contribution in [0.5, 0.6) is 0 Å². The predicted octanol–water partition coefficient (Wildman–Crippen LogP) is 3.06. The van der Waals surface area contributed by atoms with Crippen LogP contribution in [0.4, 0.5) is 0 Å². The van der Waals surface area contributed by atoms with Crippen molar-refractivity contribution in [3.63, 3.8) is 0 Å². The van der Waals surface area contributed by atoms with E-state index in [1.54, 1.807) is 11.3 Å². The van der Waals surface area contributed by atoms with E-state index in [9.17, 15) is 0 Å². The summed E-state index contributed by atoms with van der Waals surface area (Å²) in [7, 11) is 2.08. The monoisotopic (exact) mass is 266 g/mol. The van der Waals surface area contributed by atoms with E-state index in [2.05, 4.69) is 24.3 Å². The van der Waals surface area contributed by atoms with Crippen molar-refractivity contribution in [1.29, 1.82) is 0 Å². The van der Waals surface area contributed by atoms with Gasteiger partial charge in [-0.2, -0.15) is 0 Å². The molecule has 1 spiro atoms. The highest BCUT2D eigenvalue weighted by Crippen LogP contribution is 2.47. The lowest BCUT2D eigenvalue weighted by molar-refractivity contribution is -0.147. The van der Waals surface area contributed by atoms with Gasteiger partial charge in [-0.15, -0.1) is 11.3 Å². The maximum absolute atomic E-state index is 6.03. The fraction of sp³-hybridized carbons (Fsp3) is 0.786. The van der Waals surface area contributed by atoms with Gasteiger partial charge in [-0.05, 0) is 52.0 Å². The van der Waals surface area contributed by atoms with Crippen LogP contribution in [0.1, 0.15) is 48.7 Å². The van der Waals surface area contributed by atoms with Gasteiger partial charge in [-0.25, -0.2) is 4.98 Å². The molecule has 1 aromatic heterocycles. The summed E-state index contributed by atoms with van der Waals surface area (Å²) >= 11 is 1.79. The molecule has 4 heteroatoms. The van der Waals surface area contributed by atoms with E-state index in [1.165, 1.54) is 42.7 Å². The second-order valence-electron chi connectivity index (χ2n) is 5.71. The summed E-state index contributed by atoms with van der Waals surface area (Å²) < 4.78 is 6.03. The molecule has 2 unspecified atom stereocenters. The van der Waals surface area contributed by atoms with Crippen molar-refractivity contribution in [1.82, 2.24) is 10.3 Å². The van der Waals surface area contributed by atoms with E-state index in [0.29, 0.717) is 12.0 Å². The summed E-state index contributed by atoms with van der Waals surface area (Å²) in [4.78, 5) is 5.81. The van der Waals surface area contributed by atoms with Crippen LogP contribution in [0.3, 0.4) is 0 Å². The molecule has 1 saturated heterocycles. The number of aryl methyl sites for hydroxylation is 1. The van der Waals surface area contributed by atoms with Crippen molar-refractivity contribution >= 4 is 11.3 Å². The number of aromatic nitrogens is 1. The van der Waals surface area contributed by atoms with Gasteiger partial charge in [0.15, 0.2) is 0 Å². The number of hydrogen-bond donors (Lipinski definition) is 1. The summed E-state index contributed by atoms with van der Waals surface area (Å²) in [6.45, 7) is 3.05. The van der Waals surface area contributed by atoms with E-state index >= 15 is 0 Å². The molecule has 2 fully saturated rings. The standard InChI is InChI=1S/C14H22N2OS/c1-10-13(18-9-16-10)12(15-2)11-4-7-17-14(8-11)5-3-6-14/h9,11-12,15H,3-8H2,1-2H3. The fourth-order valence-electron chi connectivity index (χ4n) is 3.46. The molecular formula is C14H22N2OS. The van der Waals surface area contributed by atoms with Crippen LogP contribution >= 0.6 is 11.3 Å². The summed E-state index contributed by atoms with van der Waals surface area (Å²) in [5, 5.41) is 3.52. The van der Waals surface area contributed by atoms with Gasteiger partial charge in [-0.1, -0.05) is 0 Å². The van der Waals surface area contributed by atoms with Crippen molar-refractivity contribution in [2.24, 2.45) is 5.92 Å². The van der Waals surface area contributed by atoms with Gasteiger partial charge in [0, 0.05) is 17.5 Å². The van der Waals surface area contributed by atoms with Crippen LogP contribution in [-0.4, -0.2) is 24.2 Å². The zero-order valence-corrected chi connectivity index (χ0v) is 12.1. The molecule has 1 N–H and O–H groups in total. The summed E-state index contributed by atoms with van der Waals surface area (Å²) in [6.07, 6.45) is 6.26. The Labute approximate surface area is 113 Å². The molecule has 0 aromatic carbocycles. The van der Waals surface area contributed by atoms with Gasteiger partial charge < -0.3 is 10.1 Å². The summed E-state index contributed by atoms with van der Waals surface area (Å²) in [5.74, 6) is 0.697. The van der Waals surface area contributed by atoms with Gasteiger partial charge in [-0.3, -0.25) is 0 Å². The zero-order chi connectivity index (χ0) is 12.6. The van der Waals surface area contributed by atoms with Crippen LogP contribution in [0.25, 0.3) is 0 Å². The first-order chi connectivity index (χ1) is 8.74. The highest BCUT2D eigenvalue weighted by molar-refractivity contribution is 7.09. The van der Waals surface area contributed by atoms with Gasteiger partial charge in [0.1, 0.15) is 0 Å². The molecule has 3 rings (SSSR count). The Balaban J connectivity index is 1.77. The number of rotatable bonds is 3. The van der Waals surface area contributed by atoms with Gasteiger partial charge in [0.2, 0.25) is 0 Å². The topological polar surface area (TPSA) is 34.2 Å². The summed E-state index contributed by atoms with van der Waals surface area (Å²) in [5.41, 5.74) is 3.39. The van der Waals surface area contributed by atoms with Crippen molar-refractivity contribution in [3.8, 4) is 0 Å². The Bertz CT molecular complexity index is 414. The molecule has 1 aliphatic carbocycles. The van der Waals surface area contributed by atoms with Crippen molar-refractivity contribution in [2.75, 3.05) is 13.7 Å². The highest BCUT2D eigenvalue weighted by atomic mass is 32.1. The third kappa shape index (κ3) is 2.10. The quantitative estimate of drug-likeness (QED) is 0.913. The van der Waals surface area contributed by atoms with E-state index in [0.717, 1.165) is 6.61 Å². The van der Waals surface area contributed by atoms with Crippen LogP contribution in [-0.2, 0) is 4.74 Å². The van der Waals surface area contributed by atoms with Crippen molar-refractivity contribution in [3.05, 3.63) is 16.1 Å². The Hall–Kier alpha value is -0.450. The number of ether oxygens (including phenoxy) is 1. The average Bonchev–Trinajstić information content (AvgIpc) is 2.75. The second kappa shape index (κ2) is 4.91. The van der Waals surface area contributed by atoms with Gasteiger partial charge in [0.25, 0.3) is 0 Å². The Morgan fingerprint density at radius 1 is 1.56 bits per heavy atom. The minimum absolute atomic E-state index is 0.233. The minimum atomic E-state index is 0.233. The molecule has 0 bridgehead atoms. The first-order valence-electron chi connectivity index (χ1n) is 6.95. The van der Waals surface area contributed by atoms with Crippen molar-refractivity contribution < 1.29 is 4.74 Å². The molecular weight excluding hydrogens is 244 g/mol. The van der Waals surface area contributed by atoms with Crippen molar-refractivity contribution in [2.45, 2.75) is 50.7 Å². The molecule has 2 heterocycles. The predicted molar refractivity (Wildman–Crippen MR) is 73.9 cm³/mol. The molecule has 1 aliphatic heterocycles. The second-order valence-corrected chi connectivity index (χ2v) is 6.59. The Morgan fingerprint density at radius 3 is 2.94 bits per heavy atom. The van der Waals surface area contributed by atoms with E-state index in [-0.39, 0.29) is 5.60 Å². The summed E-state index contributed by atoms with van der Waals surface area (Å²) in [6, 6.07) is 0.457. The first kappa shape index (κ1) is 12.6. The molecule has 2 atom stereocenters. The van der Waals surface area contributed by atoms with Crippen LogP contribution in [0.15, 0.2) is 5.51 Å². The van der Waals surface area contributed by atoms with Crippen LogP contribution in [0.2, 0.25) is 0 Å². The van der Waals surface area contributed by atoms with Crippen LogP contribution < -0.4 is 5.32 Å². The normalized spacial score (nSPS) is 28.0. The van der Waals surface area contributed by atoms with E-state index in [4.69, 9.17) is 4.74 Å². The van der Waals surface area contributed by atoms with Gasteiger partial charge in [0.05, 0.1) is 16.8 Å². The molecule has 0 radical (unpaired) electrons. The highest BCUT2D eigenvalue weighted by Gasteiger charge is 2.44. The first-order valence-corrected chi connectivity index (χ1v) is 7.83. The number of nitrogens with zero attached hydrogens (tertiary/aromatic N) is 1. The molecule has 1 aromatic rings. The van der Waals surface area contributed by atoms with Gasteiger partial charge >= 0.3 is 0 Å². The third-order valence-electron chi connectivity index (χ3n) is 4.64. The number of thiazole rings is 1. The van der Waals surface area contributed by atoms with E-state index < -0.39 is 0 Å². The molecule has 0 amide bonds. The Kier molecular flexibility index (Phi) is 3.43. The lowest BCUT2D eigenvalue weighted by Gasteiger charge is -2.48. The lowest BCUT2D eigenvalue weighted by atomic mass is 9.70. The molecule has 2 aliphatic rings. The smallest absolute Gasteiger partial charge is 0.0798 e. The number of hydrogen-bond acceptors (Lipinski definition) is 4. The SMILES string of the molecule is CNC(c1scnc1C)C1CCOC2(CCC2)C1. The minimum Gasteiger partial charge on any atom is -0.375 e. The molecule has 100 valence electrons. The molecule has 18 heavy (non-hydrogen) atoms. The zero-order valence-electron chi connectivity index (χ0n) is 11.2. The maximum Gasteiger partial charge on any atom is 0.0798 e. The third-order valence-corrected chi connectivity index (χ3v) is 5.66. The lowest BCUT2D eigenvalue weighted by Crippen LogP contribution is -2.47. The molecule has 1 saturated carbocycles. The maximum atomic E-state index is 6.03.